The fraction of sp³-hybridized carbons (Fsp3) is 0.667. The lowest BCUT2D eigenvalue weighted by Crippen LogP contribution is -2.57. The second-order valence-corrected chi connectivity index (χ2v) is 15.0. The highest BCUT2D eigenvalue weighted by atomic mass is 16.6. The summed E-state index contributed by atoms with van der Waals surface area (Å²) < 4.78 is 18.3. The van der Waals surface area contributed by atoms with E-state index in [4.69, 9.17) is 19.2 Å². The van der Waals surface area contributed by atoms with Crippen molar-refractivity contribution in [2.45, 2.75) is 110 Å². The molecule has 9 heteroatoms. The Morgan fingerprint density at radius 2 is 1.82 bits per heavy atom. The Balaban J connectivity index is 1.36. The second kappa shape index (κ2) is 12.4. The highest BCUT2D eigenvalue weighted by molar-refractivity contribution is 5.92. The maximum Gasteiger partial charge on any atom is 0.408 e. The number of Topliss-reactive ketones (excluding diaryl/α,β-unsaturated/α-hetero) is 1. The van der Waals surface area contributed by atoms with E-state index in [-0.39, 0.29) is 30.3 Å². The van der Waals surface area contributed by atoms with Gasteiger partial charge in [-0.3, -0.25) is 9.59 Å². The number of aromatic nitrogens is 1. The van der Waals surface area contributed by atoms with E-state index in [9.17, 15) is 14.4 Å². The van der Waals surface area contributed by atoms with Gasteiger partial charge < -0.3 is 24.4 Å². The van der Waals surface area contributed by atoms with E-state index in [1.54, 1.807) is 12.0 Å². The fourth-order valence-electron chi connectivity index (χ4n) is 8.36. The average molecular weight is 620 g/mol. The molecule has 2 aliphatic carbocycles. The van der Waals surface area contributed by atoms with Crippen molar-refractivity contribution < 1.29 is 28.6 Å². The van der Waals surface area contributed by atoms with Gasteiger partial charge in [-0.1, -0.05) is 40.5 Å². The number of alkyl carbamates (subject to hydrolysis) is 1. The first-order valence-electron chi connectivity index (χ1n) is 16.9. The van der Waals surface area contributed by atoms with Gasteiger partial charge in [0.1, 0.15) is 24.0 Å². The number of hydrogen-bond donors (Lipinski definition) is 1. The Morgan fingerprint density at radius 3 is 2.51 bits per heavy atom. The molecule has 1 aromatic heterocycles. The van der Waals surface area contributed by atoms with E-state index in [1.165, 1.54) is 19.8 Å². The molecule has 4 aliphatic rings. The molecule has 2 aliphatic heterocycles. The number of benzene rings is 1. The van der Waals surface area contributed by atoms with E-state index < -0.39 is 29.7 Å². The monoisotopic (exact) mass is 619 g/mol. The summed E-state index contributed by atoms with van der Waals surface area (Å²) in [7, 11) is 1.64. The minimum atomic E-state index is -0.866. The minimum absolute atomic E-state index is 0.108. The van der Waals surface area contributed by atoms with Gasteiger partial charge in [0, 0.05) is 22.9 Å². The number of ether oxygens (including phenoxy) is 3. The van der Waals surface area contributed by atoms with Crippen LogP contribution in [-0.2, 0) is 20.7 Å². The van der Waals surface area contributed by atoms with Gasteiger partial charge in [-0.2, -0.15) is 0 Å². The summed E-state index contributed by atoms with van der Waals surface area (Å²) in [4.78, 5) is 47.4. The Hall–Kier alpha value is -3.36. The molecule has 45 heavy (non-hydrogen) atoms. The first kappa shape index (κ1) is 31.6. The molecule has 1 saturated heterocycles. The van der Waals surface area contributed by atoms with Crippen molar-refractivity contribution >= 4 is 28.7 Å². The molecule has 0 spiro atoms. The molecule has 2 saturated carbocycles. The summed E-state index contributed by atoms with van der Waals surface area (Å²) in [5, 5.41) is 3.97. The van der Waals surface area contributed by atoms with Crippen molar-refractivity contribution in [1.82, 2.24) is 15.2 Å². The largest absolute Gasteiger partial charge is 0.497 e. The van der Waals surface area contributed by atoms with Gasteiger partial charge in [-0.25, -0.2) is 9.78 Å². The summed E-state index contributed by atoms with van der Waals surface area (Å²) in [6.07, 6.45) is 7.17. The number of amides is 2. The van der Waals surface area contributed by atoms with E-state index in [1.807, 2.05) is 45.9 Å². The summed E-state index contributed by atoms with van der Waals surface area (Å²) in [5.41, 5.74) is 1.20. The smallest absolute Gasteiger partial charge is 0.408 e. The summed E-state index contributed by atoms with van der Waals surface area (Å²) >= 11 is 0. The molecule has 8 atom stereocenters. The van der Waals surface area contributed by atoms with Gasteiger partial charge in [0.05, 0.1) is 25.2 Å². The quantitative estimate of drug-likeness (QED) is 0.433. The second-order valence-electron chi connectivity index (χ2n) is 15.0. The number of pyridine rings is 1. The lowest BCUT2D eigenvalue weighted by atomic mass is 9.71. The fourth-order valence-corrected chi connectivity index (χ4v) is 8.36. The zero-order chi connectivity index (χ0) is 32.0. The summed E-state index contributed by atoms with van der Waals surface area (Å²) in [6.45, 7) is 9.48. The van der Waals surface area contributed by atoms with Crippen LogP contribution in [0.15, 0.2) is 24.3 Å². The molecule has 244 valence electrons. The molecule has 9 nitrogen and oxygen atoms in total. The Morgan fingerprint density at radius 1 is 1.02 bits per heavy atom. The highest BCUT2D eigenvalue weighted by Crippen LogP contribution is 2.53. The van der Waals surface area contributed by atoms with Gasteiger partial charge >= 0.3 is 6.09 Å². The zero-order valence-corrected chi connectivity index (χ0v) is 27.6. The maximum absolute atomic E-state index is 14.3. The van der Waals surface area contributed by atoms with Crippen LogP contribution in [0.1, 0.15) is 85.1 Å². The van der Waals surface area contributed by atoms with Crippen molar-refractivity contribution in [3.63, 3.8) is 0 Å². The SMILES string of the molecule is COc1ccc2cc3c(nc2c1)O[C@H]1CN(C(=O)[C@H](C(C)(C)C)NC(=O)O[C@@H]2CC4CCC4[C@H]2CCCCC3)[C@H](C(C)=O)[C@@H]1C. The molecule has 3 heterocycles. The zero-order valence-electron chi connectivity index (χ0n) is 27.6. The van der Waals surface area contributed by atoms with E-state index in [0.717, 1.165) is 60.7 Å². The number of ketones is 1. The summed E-state index contributed by atoms with van der Waals surface area (Å²) in [6, 6.07) is 6.48. The standard InChI is InChI=1S/C36H49N3O6/c1-20-30-19-39(31(20)21(2)40)34(41)32(36(3,4)5)38-35(42)45-29-17-22-13-15-26(22)27(29)11-9-7-8-10-24-16-23-12-14-25(43-6)18-28(23)37-33(24)44-30/h12,14,16,18,20,22,26-27,29-32H,7-11,13,15,17,19H2,1-6H3,(H,38,42)/t20-,22?,26?,27-,29-,30+,31+,32-/m1/s1. The van der Waals surface area contributed by atoms with Crippen LogP contribution in [0.3, 0.4) is 0 Å². The molecule has 2 unspecified atom stereocenters. The van der Waals surface area contributed by atoms with Gasteiger partial charge in [0.25, 0.3) is 0 Å². The number of aryl methyl sites for hydroxylation is 1. The van der Waals surface area contributed by atoms with Gasteiger partial charge in [0.15, 0.2) is 5.78 Å². The Bertz CT molecular complexity index is 1450. The number of rotatable bonds is 2. The predicted molar refractivity (Wildman–Crippen MR) is 171 cm³/mol. The third-order valence-corrected chi connectivity index (χ3v) is 11.0. The predicted octanol–water partition coefficient (Wildman–Crippen LogP) is 6.10. The molecular formula is C36H49N3O6. The van der Waals surface area contributed by atoms with Gasteiger partial charge in [0.2, 0.25) is 11.8 Å². The van der Waals surface area contributed by atoms with Gasteiger partial charge in [-0.15, -0.1) is 0 Å². The van der Waals surface area contributed by atoms with Crippen LogP contribution < -0.4 is 14.8 Å². The number of hydrogen-bond acceptors (Lipinski definition) is 7. The van der Waals surface area contributed by atoms with Crippen molar-refractivity contribution in [2.75, 3.05) is 13.7 Å². The lowest BCUT2D eigenvalue weighted by molar-refractivity contribution is -0.141. The van der Waals surface area contributed by atoms with E-state index in [0.29, 0.717) is 23.6 Å². The van der Waals surface area contributed by atoms with Crippen LogP contribution in [0.4, 0.5) is 4.79 Å². The topological polar surface area (TPSA) is 107 Å². The normalized spacial score (nSPS) is 32.5. The molecule has 6 rings (SSSR count). The number of carbonyl (C=O) groups is 3. The number of carbonyl (C=O) groups excluding carboxylic acids is 3. The third kappa shape index (κ3) is 6.24. The van der Waals surface area contributed by atoms with Crippen LogP contribution in [0.2, 0.25) is 0 Å². The molecule has 2 amide bonds. The maximum atomic E-state index is 14.3. The average Bonchev–Trinajstić information content (AvgIpc) is 3.41. The highest BCUT2D eigenvalue weighted by Gasteiger charge is 2.51. The Labute approximate surface area is 266 Å². The van der Waals surface area contributed by atoms with Crippen LogP contribution in [-0.4, -0.2) is 65.6 Å². The Kier molecular flexibility index (Phi) is 8.74. The number of nitrogens with one attached hydrogen (secondary N) is 1. The molecule has 0 radical (unpaired) electrons. The minimum Gasteiger partial charge on any atom is -0.497 e. The molecule has 1 aromatic carbocycles. The number of fused-ring (bicyclic) bond motifs is 7. The molecule has 2 aromatic rings. The number of methoxy groups -OCH3 is 1. The third-order valence-electron chi connectivity index (χ3n) is 11.0. The van der Waals surface area contributed by atoms with Crippen LogP contribution in [0.5, 0.6) is 11.6 Å². The van der Waals surface area contributed by atoms with E-state index >= 15 is 0 Å². The lowest BCUT2D eigenvalue weighted by Gasteiger charge is -2.36. The number of nitrogens with zero attached hydrogens (tertiary/aromatic N) is 2. The molecule has 1 N–H and O–H groups in total. The first-order chi connectivity index (χ1) is 21.4. The van der Waals surface area contributed by atoms with Crippen molar-refractivity contribution in [3.8, 4) is 11.6 Å². The van der Waals surface area contributed by atoms with E-state index in [2.05, 4.69) is 11.4 Å². The van der Waals surface area contributed by atoms with Crippen molar-refractivity contribution in [3.05, 3.63) is 29.8 Å². The van der Waals surface area contributed by atoms with Crippen LogP contribution >= 0.6 is 0 Å². The molecular weight excluding hydrogens is 570 g/mol. The summed E-state index contributed by atoms with van der Waals surface area (Å²) in [5.74, 6) is 2.20. The molecule has 2 bridgehead atoms. The van der Waals surface area contributed by atoms with Crippen LogP contribution in [0, 0.1) is 29.1 Å². The molecule has 3 fully saturated rings. The van der Waals surface area contributed by atoms with Crippen LogP contribution in [0.25, 0.3) is 10.9 Å². The van der Waals surface area contributed by atoms with Gasteiger partial charge in [-0.05, 0) is 86.8 Å². The first-order valence-corrected chi connectivity index (χ1v) is 16.9. The van der Waals surface area contributed by atoms with Crippen molar-refractivity contribution in [1.29, 1.82) is 0 Å². The van der Waals surface area contributed by atoms with Crippen molar-refractivity contribution in [2.24, 2.45) is 29.1 Å².